The van der Waals surface area contributed by atoms with E-state index in [0.717, 1.165) is 16.2 Å². The van der Waals surface area contributed by atoms with Crippen LogP contribution in [-0.2, 0) is 16.6 Å². The van der Waals surface area contributed by atoms with Gasteiger partial charge in [0.05, 0.1) is 5.69 Å². The highest BCUT2D eigenvalue weighted by Gasteiger charge is 2.19. The molecule has 0 unspecified atom stereocenters. The maximum Gasteiger partial charge on any atom is 0.271 e. The summed E-state index contributed by atoms with van der Waals surface area (Å²) in [5.74, 6) is -0.645. The number of thiophene rings is 1. The summed E-state index contributed by atoms with van der Waals surface area (Å²) in [6, 6.07) is 7.30. The second-order valence-corrected chi connectivity index (χ2v) is 7.56. The Morgan fingerprint density at radius 3 is 2.63 bits per heavy atom. The summed E-state index contributed by atoms with van der Waals surface area (Å²) < 4.78 is 40.5. The molecule has 0 radical (unpaired) electrons. The van der Waals surface area contributed by atoms with Gasteiger partial charge in [-0.25, -0.2) is 12.8 Å². The van der Waals surface area contributed by atoms with Gasteiger partial charge < -0.3 is 5.73 Å². The van der Waals surface area contributed by atoms with Crippen LogP contribution in [0.15, 0.2) is 39.0 Å². The van der Waals surface area contributed by atoms with E-state index in [4.69, 9.17) is 5.73 Å². The lowest BCUT2D eigenvalue weighted by molar-refractivity contribution is 0.600. The van der Waals surface area contributed by atoms with Crippen molar-refractivity contribution in [2.75, 3.05) is 4.72 Å². The van der Waals surface area contributed by atoms with Crippen LogP contribution in [0.4, 0.5) is 10.1 Å². The summed E-state index contributed by atoms with van der Waals surface area (Å²) in [6.45, 7) is 0.267. The zero-order valence-electron chi connectivity index (χ0n) is 9.56. The molecule has 2 aromatic rings. The summed E-state index contributed by atoms with van der Waals surface area (Å²) in [7, 11) is -3.80. The minimum absolute atomic E-state index is 0.100. The topological polar surface area (TPSA) is 72.2 Å². The van der Waals surface area contributed by atoms with Crippen LogP contribution in [0.2, 0.25) is 0 Å². The van der Waals surface area contributed by atoms with Crippen LogP contribution in [0, 0.1) is 5.82 Å². The summed E-state index contributed by atoms with van der Waals surface area (Å²) in [5.41, 5.74) is 5.33. The van der Waals surface area contributed by atoms with E-state index in [1.807, 2.05) is 0 Å². The lowest BCUT2D eigenvalue weighted by Gasteiger charge is -2.09. The van der Waals surface area contributed by atoms with Crippen LogP contribution in [0.25, 0.3) is 0 Å². The fraction of sp³-hybridized carbons (Fsp3) is 0.0909. The number of para-hydroxylation sites is 1. The maximum absolute atomic E-state index is 13.6. The molecule has 1 heterocycles. The van der Waals surface area contributed by atoms with Gasteiger partial charge in [-0.15, -0.1) is 11.3 Å². The fourth-order valence-corrected chi connectivity index (χ4v) is 4.29. The SMILES string of the molecule is NCc1ccc(S(=O)(=O)Nc2c(F)cccc2Br)s1. The Balaban J connectivity index is 2.36. The molecule has 2 rings (SSSR count). The molecule has 1 aromatic carbocycles. The molecule has 0 aliphatic rings. The molecular weight excluding hydrogens is 355 g/mol. The molecule has 19 heavy (non-hydrogen) atoms. The van der Waals surface area contributed by atoms with Gasteiger partial charge in [0, 0.05) is 15.9 Å². The molecule has 102 valence electrons. The molecule has 0 saturated carbocycles. The summed E-state index contributed by atoms with van der Waals surface area (Å²) in [4.78, 5) is 0.743. The number of hydrogen-bond acceptors (Lipinski definition) is 4. The molecule has 0 amide bonds. The van der Waals surface area contributed by atoms with Crippen LogP contribution < -0.4 is 10.5 Å². The quantitative estimate of drug-likeness (QED) is 0.875. The van der Waals surface area contributed by atoms with E-state index in [1.54, 1.807) is 12.1 Å². The Morgan fingerprint density at radius 1 is 1.32 bits per heavy atom. The number of sulfonamides is 1. The first-order chi connectivity index (χ1) is 8.94. The number of nitrogens with two attached hydrogens (primary N) is 1. The minimum atomic E-state index is -3.80. The third-order valence-electron chi connectivity index (χ3n) is 2.30. The predicted molar refractivity (Wildman–Crippen MR) is 77.1 cm³/mol. The zero-order chi connectivity index (χ0) is 14.0. The first kappa shape index (κ1) is 14.4. The van der Waals surface area contributed by atoms with Crippen molar-refractivity contribution in [3.05, 3.63) is 45.5 Å². The number of benzene rings is 1. The van der Waals surface area contributed by atoms with E-state index in [2.05, 4.69) is 20.7 Å². The van der Waals surface area contributed by atoms with Crippen molar-refractivity contribution >= 4 is 43.0 Å². The molecule has 3 N–H and O–H groups in total. The molecule has 0 fully saturated rings. The molecule has 0 saturated heterocycles. The summed E-state index contributed by atoms with van der Waals surface area (Å²) in [6.07, 6.45) is 0. The first-order valence-corrected chi connectivity index (χ1v) is 8.29. The molecule has 0 atom stereocenters. The first-order valence-electron chi connectivity index (χ1n) is 5.19. The summed E-state index contributed by atoms with van der Waals surface area (Å²) in [5, 5.41) is 0. The van der Waals surface area contributed by atoms with Crippen LogP contribution in [0.5, 0.6) is 0 Å². The minimum Gasteiger partial charge on any atom is -0.326 e. The maximum atomic E-state index is 13.6. The highest BCUT2D eigenvalue weighted by molar-refractivity contribution is 9.10. The van der Waals surface area contributed by atoms with Gasteiger partial charge in [-0.2, -0.15) is 0 Å². The molecule has 0 bridgehead atoms. The van der Waals surface area contributed by atoms with Crippen molar-refractivity contribution in [3.8, 4) is 0 Å². The average Bonchev–Trinajstić information content (AvgIpc) is 2.83. The van der Waals surface area contributed by atoms with Gasteiger partial charge in [-0.1, -0.05) is 6.07 Å². The van der Waals surface area contributed by atoms with Crippen LogP contribution >= 0.6 is 27.3 Å². The monoisotopic (exact) mass is 364 g/mol. The van der Waals surface area contributed by atoms with Crippen molar-refractivity contribution in [3.63, 3.8) is 0 Å². The van der Waals surface area contributed by atoms with Crippen LogP contribution in [0.3, 0.4) is 0 Å². The van der Waals surface area contributed by atoms with Crippen LogP contribution in [0.1, 0.15) is 4.88 Å². The Bertz CT molecular complexity index is 680. The van der Waals surface area contributed by atoms with Crippen molar-refractivity contribution in [1.82, 2.24) is 0 Å². The largest absolute Gasteiger partial charge is 0.326 e. The number of hydrogen-bond donors (Lipinski definition) is 2. The van der Waals surface area contributed by atoms with Gasteiger partial charge >= 0.3 is 0 Å². The van der Waals surface area contributed by atoms with E-state index < -0.39 is 15.8 Å². The molecule has 0 aliphatic carbocycles. The van der Waals surface area contributed by atoms with Gasteiger partial charge in [-0.05, 0) is 40.2 Å². The third-order valence-corrected chi connectivity index (χ3v) is 5.91. The van der Waals surface area contributed by atoms with Crippen LogP contribution in [-0.4, -0.2) is 8.42 Å². The highest BCUT2D eigenvalue weighted by Crippen LogP contribution is 2.29. The van der Waals surface area contributed by atoms with E-state index in [9.17, 15) is 12.8 Å². The standard InChI is InChI=1S/C11H10BrFN2O2S2/c12-8-2-1-3-9(13)11(8)15-19(16,17)10-5-4-7(6-14)18-10/h1-5,15H,6,14H2. The smallest absolute Gasteiger partial charge is 0.271 e. The fourth-order valence-electron chi connectivity index (χ4n) is 1.39. The highest BCUT2D eigenvalue weighted by atomic mass is 79.9. The Kier molecular flexibility index (Phi) is 4.24. The number of rotatable bonds is 4. The van der Waals surface area contributed by atoms with Crippen molar-refractivity contribution in [2.45, 2.75) is 10.8 Å². The summed E-state index contributed by atoms with van der Waals surface area (Å²) >= 11 is 4.17. The van der Waals surface area contributed by atoms with E-state index in [0.29, 0.717) is 4.47 Å². The molecule has 4 nitrogen and oxygen atoms in total. The van der Waals surface area contributed by atoms with Crippen molar-refractivity contribution in [2.24, 2.45) is 5.73 Å². The van der Waals surface area contributed by atoms with Gasteiger partial charge in [0.1, 0.15) is 10.0 Å². The van der Waals surface area contributed by atoms with Gasteiger partial charge in [0.25, 0.3) is 10.0 Å². The normalized spacial score (nSPS) is 11.5. The lowest BCUT2D eigenvalue weighted by atomic mass is 10.3. The lowest BCUT2D eigenvalue weighted by Crippen LogP contribution is -2.13. The van der Waals surface area contributed by atoms with E-state index in [-0.39, 0.29) is 16.4 Å². The third kappa shape index (κ3) is 3.14. The Morgan fingerprint density at radius 2 is 2.05 bits per heavy atom. The Hall–Kier alpha value is -0.960. The molecule has 0 aliphatic heterocycles. The van der Waals surface area contributed by atoms with Gasteiger partial charge in [0.2, 0.25) is 0 Å². The molecular formula is C11H10BrFN2O2S2. The number of nitrogens with one attached hydrogen (secondary N) is 1. The average molecular weight is 365 g/mol. The molecule has 8 heteroatoms. The number of halogens is 2. The van der Waals surface area contributed by atoms with Gasteiger partial charge in [0.15, 0.2) is 0 Å². The Labute approximate surface area is 122 Å². The second-order valence-electron chi connectivity index (χ2n) is 3.63. The predicted octanol–water partition coefficient (Wildman–Crippen LogP) is 2.91. The van der Waals surface area contributed by atoms with E-state index >= 15 is 0 Å². The molecule has 1 aromatic heterocycles. The van der Waals surface area contributed by atoms with Gasteiger partial charge in [-0.3, -0.25) is 4.72 Å². The zero-order valence-corrected chi connectivity index (χ0v) is 12.8. The molecule has 0 spiro atoms. The van der Waals surface area contributed by atoms with Crippen molar-refractivity contribution in [1.29, 1.82) is 0 Å². The number of anilines is 1. The van der Waals surface area contributed by atoms with E-state index in [1.165, 1.54) is 18.2 Å². The second kappa shape index (κ2) is 5.58. The van der Waals surface area contributed by atoms with Crippen molar-refractivity contribution < 1.29 is 12.8 Å².